The molecule has 0 saturated heterocycles. The lowest BCUT2D eigenvalue weighted by atomic mass is 9.84. The first-order chi connectivity index (χ1) is 7.89. The molecule has 1 rings (SSSR count). The van der Waals surface area contributed by atoms with Crippen LogP contribution >= 0.6 is 0 Å². The fourth-order valence-electron chi connectivity index (χ4n) is 1.63. The molecule has 0 amide bonds. The van der Waals surface area contributed by atoms with E-state index in [0.29, 0.717) is 6.61 Å². The average molecular weight is 235 g/mol. The fraction of sp³-hybridized carbons (Fsp3) is 0.500. The van der Waals surface area contributed by atoms with E-state index in [1.807, 2.05) is 52.0 Å². The molecule has 0 aromatic heterocycles. The van der Waals surface area contributed by atoms with E-state index in [0.717, 1.165) is 11.1 Å². The van der Waals surface area contributed by atoms with E-state index in [2.05, 4.69) is 0 Å². The Labute approximate surface area is 103 Å². The van der Waals surface area contributed by atoms with Crippen molar-refractivity contribution in [3.63, 3.8) is 0 Å². The summed E-state index contributed by atoms with van der Waals surface area (Å²) in [6.45, 7) is 7.89. The Bertz CT molecular complexity index is 380. The van der Waals surface area contributed by atoms with E-state index < -0.39 is 5.41 Å². The standard InChI is InChI=1S/C14H21NO2/c1-5-17-13(16)14(3,4)12-8-6-11(7-9-12)10(2)15/h6-10H,5,15H2,1-4H3/t10-/m1/s1. The van der Waals surface area contributed by atoms with Crippen molar-refractivity contribution in [3.05, 3.63) is 35.4 Å². The SMILES string of the molecule is CCOC(=O)C(C)(C)c1ccc([C@@H](C)N)cc1. The highest BCUT2D eigenvalue weighted by Gasteiger charge is 2.31. The van der Waals surface area contributed by atoms with Gasteiger partial charge in [0, 0.05) is 6.04 Å². The Morgan fingerprint density at radius 1 is 1.35 bits per heavy atom. The Kier molecular flexibility index (Phi) is 4.29. The quantitative estimate of drug-likeness (QED) is 0.816. The molecule has 1 atom stereocenters. The van der Waals surface area contributed by atoms with Crippen molar-refractivity contribution in [2.45, 2.75) is 39.2 Å². The highest BCUT2D eigenvalue weighted by molar-refractivity contribution is 5.82. The molecule has 0 heterocycles. The number of nitrogens with two attached hydrogens (primary N) is 1. The molecule has 0 aliphatic heterocycles. The minimum absolute atomic E-state index is 0.00903. The first kappa shape index (κ1) is 13.7. The van der Waals surface area contributed by atoms with Crippen molar-refractivity contribution >= 4 is 5.97 Å². The lowest BCUT2D eigenvalue weighted by molar-refractivity contribution is -0.148. The van der Waals surface area contributed by atoms with Gasteiger partial charge in [-0.1, -0.05) is 24.3 Å². The summed E-state index contributed by atoms with van der Waals surface area (Å²) in [4.78, 5) is 11.8. The van der Waals surface area contributed by atoms with Crippen LogP contribution in [0.25, 0.3) is 0 Å². The molecule has 1 aromatic carbocycles. The molecule has 0 unspecified atom stereocenters. The zero-order valence-electron chi connectivity index (χ0n) is 11.0. The molecule has 94 valence electrons. The van der Waals surface area contributed by atoms with Crippen LogP contribution in [0.5, 0.6) is 0 Å². The molecule has 3 heteroatoms. The topological polar surface area (TPSA) is 52.3 Å². The summed E-state index contributed by atoms with van der Waals surface area (Å²) in [5.41, 5.74) is 7.18. The van der Waals surface area contributed by atoms with E-state index in [-0.39, 0.29) is 12.0 Å². The van der Waals surface area contributed by atoms with Crippen LogP contribution in [0.1, 0.15) is 44.9 Å². The van der Waals surface area contributed by atoms with Gasteiger partial charge in [0.15, 0.2) is 0 Å². The highest BCUT2D eigenvalue weighted by Crippen LogP contribution is 2.25. The molecule has 0 fully saturated rings. The molecule has 0 spiro atoms. The number of hydrogen-bond donors (Lipinski definition) is 1. The van der Waals surface area contributed by atoms with Crippen molar-refractivity contribution < 1.29 is 9.53 Å². The van der Waals surface area contributed by atoms with Gasteiger partial charge in [0.2, 0.25) is 0 Å². The van der Waals surface area contributed by atoms with Gasteiger partial charge in [-0.05, 0) is 38.8 Å². The lowest BCUT2D eigenvalue weighted by Crippen LogP contribution is -2.31. The van der Waals surface area contributed by atoms with Crippen LogP contribution in [-0.2, 0) is 14.9 Å². The van der Waals surface area contributed by atoms with Gasteiger partial charge in [-0.3, -0.25) is 4.79 Å². The second-order valence-electron chi connectivity index (χ2n) is 4.76. The van der Waals surface area contributed by atoms with Gasteiger partial charge in [0.05, 0.1) is 12.0 Å². The molecular formula is C14H21NO2. The zero-order valence-corrected chi connectivity index (χ0v) is 11.0. The number of carbonyl (C=O) groups excluding carboxylic acids is 1. The second-order valence-corrected chi connectivity index (χ2v) is 4.76. The summed E-state index contributed by atoms with van der Waals surface area (Å²) in [5, 5.41) is 0. The van der Waals surface area contributed by atoms with Crippen LogP contribution in [0.4, 0.5) is 0 Å². The van der Waals surface area contributed by atoms with Gasteiger partial charge in [-0.25, -0.2) is 0 Å². The predicted molar refractivity (Wildman–Crippen MR) is 68.7 cm³/mol. The number of carbonyl (C=O) groups is 1. The number of benzene rings is 1. The lowest BCUT2D eigenvalue weighted by Gasteiger charge is -2.23. The molecule has 0 aliphatic carbocycles. The predicted octanol–water partition coefficient (Wildman–Crippen LogP) is 2.55. The number of ether oxygens (including phenoxy) is 1. The van der Waals surface area contributed by atoms with E-state index in [9.17, 15) is 4.79 Å². The molecule has 0 bridgehead atoms. The maximum atomic E-state index is 11.8. The van der Waals surface area contributed by atoms with Crippen LogP contribution in [0.2, 0.25) is 0 Å². The maximum absolute atomic E-state index is 11.8. The van der Waals surface area contributed by atoms with Crippen LogP contribution < -0.4 is 5.73 Å². The minimum atomic E-state index is -0.619. The van der Waals surface area contributed by atoms with E-state index in [4.69, 9.17) is 10.5 Å². The first-order valence-corrected chi connectivity index (χ1v) is 5.92. The van der Waals surface area contributed by atoms with Crippen molar-refractivity contribution in [2.75, 3.05) is 6.61 Å². The van der Waals surface area contributed by atoms with Gasteiger partial charge in [-0.15, -0.1) is 0 Å². The largest absolute Gasteiger partial charge is 0.465 e. The van der Waals surface area contributed by atoms with E-state index in [1.54, 1.807) is 0 Å². The molecular weight excluding hydrogens is 214 g/mol. The average Bonchev–Trinajstić information content (AvgIpc) is 2.29. The maximum Gasteiger partial charge on any atom is 0.315 e. The third kappa shape index (κ3) is 3.07. The van der Waals surface area contributed by atoms with Gasteiger partial charge < -0.3 is 10.5 Å². The summed E-state index contributed by atoms with van der Waals surface area (Å²) in [7, 11) is 0. The number of rotatable bonds is 4. The molecule has 1 aromatic rings. The van der Waals surface area contributed by atoms with Crippen molar-refractivity contribution in [1.29, 1.82) is 0 Å². The molecule has 0 saturated carbocycles. The van der Waals surface area contributed by atoms with Crippen LogP contribution in [0.3, 0.4) is 0 Å². The summed E-state index contributed by atoms with van der Waals surface area (Å²) in [6, 6.07) is 7.81. The monoisotopic (exact) mass is 235 g/mol. The smallest absolute Gasteiger partial charge is 0.315 e. The van der Waals surface area contributed by atoms with Crippen LogP contribution in [0.15, 0.2) is 24.3 Å². The van der Waals surface area contributed by atoms with Crippen molar-refractivity contribution in [2.24, 2.45) is 5.73 Å². The number of hydrogen-bond acceptors (Lipinski definition) is 3. The van der Waals surface area contributed by atoms with E-state index in [1.165, 1.54) is 0 Å². The van der Waals surface area contributed by atoms with Crippen molar-refractivity contribution in [3.8, 4) is 0 Å². The van der Waals surface area contributed by atoms with Gasteiger partial charge in [0.1, 0.15) is 0 Å². The molecule has 0 radical (unpaired) electrons. The second kappa shape index (κ2) is 5.32. The molecule has 0 aliphatic rings. The van der Waals surface area contributed by atoms with E-state index >= 15 is 0 Å². The molecule has 17 heavy (non-hydrogen) atoms. The fourth-order valence-corrected chi connectivity index (χ4v) is 1.63. The first-order valence-electron chi connectivity index (χ1n) is 5.92. The Balaban J connectivity index is 2.95. The van der Waals surface area contributed by atoms with Gasteiger partial charge in [0.25, 0.3) is 0 Å². The summed E-state index contributed by atoms with van der Waals surface area (Å²) >= 11 is 0. The highest BCUT2D eigenvalue weighted by atomic mass is 16.5. The molecule has 3 nitrogen and oxygen atoms in total. The molecule has 2 N–H and O–H groups in total. The van der Waals surface area contributed by atoms with Gasteiger partial charge in [-0.2, -0.15) is 0 Å². The zero-order chi connectivity index (χ0) is 13.1. The van der Waals surface area contributed by atoms with Crippen LogP contribution in [0, 0.1) is 0 Å². The Morgan fingerprint density at radius 3 is 2.29 bits per heavy atom. The van der Waals surface area contributed by atoms with Crippen LogP contribution in [-0.4, -0.2) is 12.6 Å². The Morgan fingerprint density at radius 2 is 1.88 bits per heavy atom. The summed E-state index contributed by atoms with van der Waals surface area (Å²) in [5.74, 6) is -0.200. The third-order valence-electron chi connectivity index (χ3n) is 2.94. The van der Waals surface area contributed by atoms with Gasteiger partial charge >= 0.3 is 5.97 Å². The van der Waals surface area contributed by atoms with Crippen molar-refractivity contribution in [1.82, 2.24) is 0 Å². The summed E-state index contributed by atoms with van der Waals surface area (Å²) < 4.78 is 5.08. The minimum Gasteiger partial charge on any atom is -0.465 e. The normalized spacial score (nSPS) is 13.2. The Hall–Kier alpha value is -1.35. The third-order valence-corrected chi connectivity index (χ3v) is 2.94. The summed E-state index contributed by atoms with van der Waals surface area (Å²) in [6.07, 6.45) is 0. The number of esters is 1.